The first kappa shape index (κ1) is 20.6. The Kier molecular flexibility index (Phi) is 5.73. The number of anilines is 2. The van der Waals surface area contributed by atoms with Crippen molar-refractivity contribution in [3.05, 3.63) is 82.6 Å². The van der Waals surface area contributed by atoms with Crippen molar-refractivity contribution >= 4 is 28.1 Å². The maximum Gasteiger partial charge on any atom is 0.250 e. The van der Waals surface area contributed by atoms with Crippen LogP contribution in [0, 0.1) is 12.7 Å². The number of hydrogen-bond acceptors (Lipinski definition) is 5. The minimum atomic E-state index is -0.489. The highest BCUT2D eigenvalue weighted by molar-refractivity contribution is 7.14. The molecule has 0 fully saturated rings. The lowest BCUT2D eigenvalue weighted by Gasteiger charge is -2.13. The number of methoxy groups -OCH3 is 1. The molecule has 4 aromatic rings. The quantitative estimate of drug-likeness (QED) is 0.429. The number of nitrogens with one attached hydrogen (secondary N) is 1. The molecule has 2 aromatic heterocycles. The number of nitrogens with two attached hydrogens (primary N) is 1. The molecule has 8 heteroatoms. The topological polar surface area (TPSA) is 82.2 Å². The van der Waals surface area contributed by atoms with Crippen LogP contribution in [0.25, 0.3) is 11.4 Å². The highest BCUT2D eigenvalue weighted by Crippen LogP contribution is 2.32. The van der Waals surface area contributed by atoms with Crippen molar-refractivity contribution in [2.24, 2.45) is 5.73 Å². The van der Waals surface area contributed by atoms with Gasteiger partial charge >= 0.3 is 0 Å². The van der Waals surface area contributed by atoms with E-state index in [0.29, 0.717) is 22.9 Å². The molecule has 0 unspecified atom stereocenters. The number of carbonyl (C=O) groups is 1. The van der Waals surface area contributed by atoms with E-state index in [4.69, 9.17) is 10.5 Å². The number of benzene rings is 2. The number of aromatic nitrogens is 2. The summed E-state index contributed by atoms with van der Waals surface area (Å²) in [5, 5.41) is 5.74. The molecule has 0 aliphatic rings. The Morgan fingerprint density at radius 2 is 1.97 bits per heavy atom. The zero-order valence-electron chi connectivity index (χ0n) is 17.1. The molecule has 158 valence electrons. The summed E-state index contributed by atoms with van der Waals surface area (Å²) >= 11 is 1.42. The normalized spacial score (nSPS) is 10.8. The minimum absolute atomic E-state index is 0.297. The van der Waals surface area contributed by atoms with Crippen LogP contribution in [0.2, 0.25) is 0 Å². The van der Waals surface area contributed by atoms with Crippen LogP contribution in [-0.4, -0.2) is 22.6 Å². The Hall–Kier alpha value is -3.65. The van der Waals surface area contributed by atoms with E-state index in [0.717, 1.165) is 28.4 Å². The third-order valence-corrected chi connectivity index (χ3v) is 5.77. The highest BCUT2D eigenvalue weighted by atomic mass is 32.1. The summed E-state index contributed by atoms with van der Waals surface area (Å²) in [5.74, 6) is -0.0227. The van der Waals surface area contributed by atoms with E-state index in [2.05, 4.69) is 10.3 Å². The van der Waals surface area contributed by atoms with Crippen LogP contribution < -0.4 is 15.8 Å². The molecule has 0 bridgehead atoms. The average Bonchev–Trinajstić information content (AvgIpc) is 3.35. The molecule has 0 aliphatic carbocycles. The molecule has 0 spiro atoms. The Balaban J connectivity index is 1.71. The van der Waals surface area contributed by atoms with Crippen LogP contribution >= 0.6 is 11.3 Å². The number of ether oxygens (including phenoxy) is 1. The molecule has 2 heterocycles. The maximum absolute atomic E-state index is 13.1. The van der Waals surface area contributed by atoms with Gasteiger partial charge < -0.3 is 20.4 Å². The third-order valence-electron chi connectivity index (χ3n) is 5.02. The molecule has 3 N–H and O–H groups in total. The van der Waals surface area contributed by atoms with Gasteiger partial charge in [-0.05, 0) is 43.3 Å². The van der Waals surface area contributed by atoms with Crippen LogP contribution in [0.15, 0.2) is 60.0 Å². The van der Waals surface area contributed by atoms with Crippen molar-refractivity contribution in [3.63, 3.8) is 0 Å². The lowest BCUT2D eigenvalue weighted by atomic mass is 10.2. The predicted molar refractivity (Wildman–Crippen MR) is 121 cm³/mol. The van der Waals surface area contributed by atoms with Crippen molar-refractivity contribution in [1.82, 2.24) is 9.55 Å². The van der Waals surface area contributed by atoms with Crippen LogP contribution in [0.1, 0.15) is 21.6 Å². The fourth-order valence-electron chi connectivity index (χ4n) is 3.42. The first-order chi connectivity index (χ1) is 15.0. The number of para-hydroxylation sites is 1. The smallest absolute Gasteiger partial charge is 0.250 e. The average molecular weight is 437 g/mol. The Morgan fingerprint density at radius 3 is 2.68 bits per heavy atom. The van der Waals surface area contributed by atoms with Crippen molar-refractivity contribution in [2.45, 2.75) is 13.5 Å². The molecule has 2 aromatic carbocycles. The predicted octanol–water partition coefficient (Wildman–Crippen LogP) is 4.96. The van der Waals surface area contributed by atoms with Crippen molar-refractivity contribution in [2.75, 3.05) is 12.4 Å². The first-order valence-electron chi connectivity index (χ1n) is 9.56. The van der Waals surface area contributed by atoms with Crippen molar-refractivity contribution in [1.29, 1.82) is 0 Å². The second-order valence-electron chi connectivity index (χ2n) is 6.96. The molecule has 4 rings (SSSR count). The molecule has 0 radical (unpaired) electrons. The summed E-state index contributed by atoms with van der Waals surface area (Å²) in [6.45, 7) is 2.36. The lowest BCUT2D eigenvalue weighted by Crippen LogP contribution is -2.13. The van der Waals surface area contributed by atoms with E-state index in [1.807, 2.05) is 41.1 Å². The SMILES string of the molecule is COc1ccccc1Cn1c(-c2csc(Nc3ccc(F)cc3)n2)cc(C(N)=O)c1C. The minimum Gasteiger partial charge on any atom is -0.496 e. The zero-order chi connectivity index (χ0) is 22.0. The summed E-state index contributed by atoms with van der Waals surface area (Å²) in [6.07, 6.45) is 0. The van der Waals surface area contributed by atoms with E-state index in [9.17, 15) is 9.18 Å². The standard InChI is InChI=1S/C23H21FN4O2S/c1-14-18(22(25)29)11-20(28(14)12-15-5-3-4-6-21(15)30-2)19-13-31-23(27-19)26-17-9-7-16(24)8-10-17/h3-11,13H,12H2,1-2H3,(H2,25,29)(H,26,27). The monoisotopic (exact) mass is 436 g/mol. The third kappa shape index (κ3) is 4.29. The van der Waals surface area contributed by atoms with Crippen LogP contribution in [0.5, 0.6) is 5.75 Å². The van der Waals surface area contributed by atoms with Gasteiger partial charge in [0.1, 0.15) is 11.6 Å². The summed E-state index contributed by atoms with van der Waals surface area (Å²) < 4.78 is 20.6. The van der Waals surface area contributed by atoms with Crippen LogP contribution in [-0.2, 0) is 6.54 Å². The van der Waals surface area contributed by atoms with Gasteiger partial charge in [0.2, 0.25) is 0 Å². The Labute approximate surface area is 183 Å². The van der Waals surface area contributed by atoms with Gasteiger partial charge in [0.25, 0.3) is 5.91 Å². The molecular formula is C23H21FN4O2S. The van der Waals surface area contributed by atoms with Gasteiger partial charge in [-0.25, -0.2) is 9.37 Å². The second-order valence-corrected chi connectivity index (χ2v) is 7.82. The number of halogens is 1. The summed E-state index contributed by atoms with van der Waals surface area (Å²) in [4.78, 5) is 16.7. The van der Waals surface area contributed by atoms with Gasteiger partial charge in [-0.3, -0.25) is 4.79 Å². The Morgan fingerprint density at radius 1 is 1.23 bits per heavy atom. The lowest BCUT2D eigenvalue weighted by molar-refractivity contribution is 0.0999. The zero-order valence-corrected chi connectivity index (χ0v) is 17.9. The van der Waals surface area contributed by atoms with E-state index in [1.54, 1.807) is 25.3 Å². The van der Waals surface area contributed by atoms with Crippen molar-refractivity contribution in [3.8, 4) is 17.1 Å². The largest absolute Gasteiger partial charge is 0.496 e. The van der Waals surface area contributed by atoms with Gasteiger partial charge in [-0.2, -0.15) is 0 Å². The summed E-state index contributed by atoms with van der Waals surface area (Å²) in [6, 6.07) is 15.6. The van der Waals surface area contributed by atoms with Gasteiger partial charge in [0, 0.05) is 22.3 Å². The maximum atomic E-state index is 13.1. The fraction of sp³-hybridized carbons (Fsp3) is 0.130. The molecular weight excluding hydrogens is 415 g/mol. The molecule has 31 heavy (non-hydrogen) atoms. The fourth-order valence-corrected chi connectivity index (χ4v) is 4.14. The molecule has 0 saturated carbocycles. The van der Waals surface area contributed by atoms with Gasteiger partial charge in [0.15, 0.2) is 5.13 Å². The number of nitrogens with zero attached hydrogens (tertiary/aromatic N) is 2. The van der Waals surface area contributed by atoms with Crippen molar-refractivity contribution < 1.29 is 13.9 Å². The van der Waals surface area contributed by atoms with Gasteiger partial charge in [-0.15, -0.1) is 11.3 Å². The molecule has 6 nitrogen and oxygen atoms in total. The van der Waals surface area contributed by atoms with E-state index < -0.39 is 5.91 Å². The van der Waals surface area contributed by atoms with E-state index >= 15 is 0 Å². The van der Waals surface area contributed by atoms with Crippen LogP contribution in [0.3, 0.4) is 0 Å². The highest BCUT2D eigenvalue weighted by Gasteiger charge is 2.20. The number of hydrogen-bond donors (Lipinski definition) is 2. The number of amides is 1. The molecule has 1 amide bonds. The van der Waals surface area contributed by atoms with E-state index in [1.165, 1.54) is 23.5 Å². The van der Waals surface area contributed by atoms with Gasteiger partial charge in [0.05, 0.1) is 30.6 Å². The molecule has 0 atom stereocenters. The first-order valence-corrected chi connectivity index (χ1v) is 10.4. The van der Waals surface area contributed by atoms with Crippen LogP contribution in [0.4, 0.5) is 15.2 Å². The summed E-state index contributed by atoms with van der Waals surface area (Å²) in [5.41, 5.74) is 10.0. The second kappa shape index (κ2) is 8.61. The molecule has 0 saturated heterocycles. The number of rotatable bonds is 7. The molecule has 0 aliphatic heterocycles. The van der Waals surface area contributed by atoms with Gasteiger partial charge in [-0.1, -0.05) is 18.2 Å². The number of thiazole rings is 1. The summed E-state index contributed by atoms with van der Waals surface area (Å²) in [7, 11) is 1.63. The van der Waals surface area contributed by atoms with E-state index in [-0.39, 0.29) is 5.82 Å². The Bertz CT molecular complexity index is 1230. The number of carbonyl (C=O) groups excluding carboxylic acids is 1. The number of primary amides is 1.